The third kappa shape index (κ3) is 2.52. The monoisotopic (exact) mass is 304 g/mol. The number of nitrogens with one attached hydrogen (secondary N) is 1. The highest BCUT2D eigenvalue weighted by atomic mass is 35.5. The van der Waals surface area contributed by atoms with Gasteiger partial charge in [0.25, 0.3) is 0 Å². The van der Waals surface area contributed by atoms with E-state index in [2.05, 4.69) is 15.1 Å². The average Bonchev–Trinajstić information content (AvgIpc) is 2.66. The summed E-state index contributed by atoms with van der Waals surface area (Å²) < 4.78 is 1.75. The fourth-order valence-corrected chi connectivity index (χ4v) is 3.15. The highest BCUT2D eigenvalue weighted by Gasteiger charge is 2.12. The molecular weight excluding hydrogens is 300 g/mol. The number of aromatic nitrogens is 4. The average molecular weight is 305 g/mol. The first-order valence-electron chi connectivity index (χ1n) is 4.48. The number of carbonyl (C=O) groups is 1. The van der Waals surface area contributed by atoms with Gasteiger partial charge in [0.2, 0.25) is 0 Å². The molecule has 0 aliphatic rings. The van der Waals surface area contributed by atoms with Crippen LogP contribution in [0.5, 0.6) is 0 Å². The van der Waals surface area contributed by atoms with Crippen molar-refractivity contribution in [1.82, 2.24) is 19.7 Å². The maximum Gasteiger partial charge on any atom is 0.339 e. The second-order valence-electron chi connectivity index (χ2n) is 3.05. The number of nitrogens with zero attached hydrogens (tertiary/aromatic N) is 3. The molecule has 0 saturated heterocycles. The van der Waals surface area contributed by atoms with E-state index in [1.807, 2.05) is 0 Å². The van der Waals surface area contributed by atoms with Gasteiger partial charge in [-0.1, -0.05) is 11.6 Å². The summed E-state index contributed by atoms with van der Waals surface area (Å²) in [6.07, 6.45) is 0.601. The van der Waals surface area contributed by atoms with Crippen molar-refractivity contribution in [2.24, 2.45) is 7.05 Å². The molecule has 2 aromatic heterocycles. The van der Waals surface area contributed by atoms with E-state index >= 15 is 0 Å². The third-order valence-corrected chi connectivity index (χ3v) is 4.31. The van der Waals surface area contributed by atoms with E-state index in [4.69, 9.17) is 11.6 Å². The fourth-order valence-electron chi connectivity index (χ4n) is 1.04. The van der Waals surface area contributed by atoms with Gasteiger partial charge in [-0.15, -0.1) is 11.3 Å². The number of halogens is 1. The van der Waals surface area contributed by atoms with Crippen LogP contribution < -0.4 is 11.1 Å². The van der Waals surface area contributed by atoms with Crippen molar-refractivity contribution in [1.29, 1.82) is 0 Å². The van der Waals surface area contributed by atoms with E-state index in [9.17, 15) is 14.4 Å². The number of aromatic amines is 1. The molecular formula is C8H5ClN4O3S2. The smallest absolute Gasteiger partial charge is 0.297 e. The van der Waals surface area contributed by atoms with Crippen molar-refractivity contribution >= 4 is 41.0 Å². The summed E-state index contributed by atoms with van der Waals surface area (Å²) in [4.78, 5) is 40.6. The molecule has 1 N–H and O–H groups in total. The summed E-state index contributed by atoms with van der Waals surface area (Å²) in [7, 11) is 1.53. The predicted molar refractivity (Wildman–Crippen MR) is 66.7 cm³/mol. The first kappa shape index (κ1) is 13.0. The molecule has 0 fully saturated rings. The summed E-state index contributed by atoms with van der Waals surface area (Å²) >= 11 is 7.83. The molecule has 94 valence electrons. The molecule has 0 aliphatic carbocycles. The SMILES string of the molecule is Cn1[nH]c(=O)c(=O)nc1Sc1nc(Cl)c(C=O)s1. The van der Waals surface area contributed by atoms with Crippen molar-refractivity contribution in [3.8, 4) is 0 Å². The molecule has 0 aliphatic heterocycles. The van der Waals surface area contributed by atoms with Crippen molar-refractivity contribution in [3.63, 3.8) is 0 Å². The minimum Gasteiger partial charge on any atom is -0.297 e. The number of aryl methyl sites for hydroxylation is 1. The second-order valence-corrected chi connectivity index (χ2v) is 5.66. The number of hydrogen-bond donors (Lipinski definition) is 1. The van der Waals surface area contributed by atoms with Crippen molar-refractivity contribution < 1.29 is 4.79 Å². The Balaban J connectivity index is 2.39. The van der Waals surface area contributed by atoms with Gasteiger partial charge < -0.3 is 0 Å². The van der Waals surface area contributed by atoms with Gasteiger partial charge in [-0.3, -0.25) is 24.2 Å². The van der Waals surface area contributed by atoms with Gasteiger partial charge in [0, 0.05) is 7.05 Å². The number of rotatable bonds is 3. The topological polar surface area (TPSA) is 97.7 Å². The van der Waals surface area contributed by atoms with Crippen molar-refractivity contribution in [3.05, 3.63) is 30.7 Å². The van der Waals surface area contributed by atoms with Crippen LogP contribution >= 0.6 is 34.7 Å². The Morgan fingerprint density at radius 2 is 2.17 bits per heavy atom. The van der Waals surface area contributed by atoms with Gasteiger partial charge in [-0.05, 0) is 11.8 Å². The Labute approximate surface area is 113 Å². The van der Waals surface area contributed by atoms with Crippen LogP contribution in [0.3, 0.4) is 0 Å². The molecule has 0 saturated carbocycles. The Hall–Kier alpha value is -1.45. The summed E-state index contributed by atoms with van der Waals surface area (Å²) in [6, 6.07) is 0. The van der Waals surface area contributed by atoms with Gasteiger partial charge in [-0.2, -0.15) is 4.98 Å². The third-order valence-electron chi connectivity index (χ3n) is 1.82. The molecule has 0 radical (unpaired) electrons. The van der Waals surface area contributed by atoms with E-state index in [0.717, 1.165) is 23.1 Å². The molecule has 0 bridgehead atoms. The van der Waals surface area contributed by atoms with E-state index < -0.39 is 11.1 Å². The van der Waals surface area contributed by atoms with Crippen LogP contribution in [-0.2, 0) is 7.05 Å². The second kappa shape index (κ2) is 5.04. The molecule has 0 atom stereocenters. The minimum absolute atomic E-state index is 0.104. The minimum atomic E-state index is -0.881. The van der Waals surface area contributed by atoms with Crippen LogP contribution in [0.4, 0.5) is 0 Å². The van der Waals surface area contributed by atoms with Crippen LogP contribution in [0, 0.1) is 0 Å². The number of thiazole rings is 1. The lowest BCUT2D eigenvalue weighted by Crippen LogP contribution is -2.33. The summed E-state index contributed by atoms with van der Waals surface area (Å²) in [5.41, 5.74) is -1.68. The van der Waals surface area contributed by atoms with E-state index in [0.29, 0.717) is 15.5 Å². The molecule has 10 heteroatoms. The maximum atomic E-state index is 11.1. The van der Waals surface area contributed by atoms with Crippen LogP contribution in [0.25, 0.3) is 0 Å². The quantitative estimate of drug-likeness (QED) is 0.656. The molecule has 0 unspecified atom stereocenters. The molecule has 0 amide bonds. The molecule has 7 nitrogen and oxygen atoms in total. The zero-order chi connectivity index (χ0) is 13.3. The molecule has 2 rings (SSSR count). The van der Waals surface area contributed by atoms with E-state index in [1.165, 1.54) is 11.7 Å². The predicted octanol–water partition coefficient (Wildman–Crippen LogP) is 0.542. The molecule has 2 aromatic rings. The molecule has 0 spiro atoms. The fraction of sp³-hybridized carbons (Fsp3) is 0.125. The van der Waals surface area contributed by atoms with Gasteiger partial charge in [-0.25, -0.2) is 4.98 Å². The van der Waals surface area contributed by atoms with Crippen LogP contribution in [0.15, 0.2) is 19.1 Å². The molecule has 2 heterocycles. The summed E-state index contributed by atoms with van der Waals surface area (Å²) in [5.74, 6) is 0. The Kier molecular flexibility index (Phi) is 3.64. The maximum absolute atomic E-state index is 11.1. The largest absolute Gasteiger partial charge is 0.339 e. The summed E-state index contributed by atoms with van der Waals surface area (Å²) in [5, 5.41) is 2.66. The normalized spacial score (nSPS) is 10.6. The zero-order valence-corrected chi connectivity index (χ0v) is 11.2. The Morgan fingerprint density at radius 1 is 1.44 bits per heavy atom. The molecule has 0 aromatic carbocycles. The van der Waals surface area contributed by atoms with E-state index in [1.54, 1.807) is 0 Å². The number of H-pyrrole nitrogens is 1. The lowest BCUT2D eigenvalue weighted by Gasteiger charge is -2.02. The Morgan fingerprint density at radius 3 is 2.78 bits per heavy atom. The van der Waals surface area contributed by atoms with Crippen molar-refractivity contribution in [2.75, 3.05) is 0 Å². The lowest BCUT2D eigenvalue weighted by atomic mass is 10.6. The number of carbonyl (C=O) groups excluding carboxylic acids is 1. The molecule has 18 heavy (non-hydrogen) atoms. The highest BCUT2D eigenvalue weighted by molar-refractivity contribution is 8.00. The zero-order valence-electron chi connectivity index (χ0n) is 8.84. The Bertz CT molecular complexity index is 720. The van der Waals surface area contributed by atoms with Crippen LogP contribution in [0.1, 0.15) is 9.67 Å². The van der Waals surface area contributed by atoms with Gasteiger partial charge in [0.05, 0.1) is 0 Å². The van der Waals surface area contributed by atoms with Crippen LogP contribution in [0.2, 0.25) is 5.15 Å². The van der Waals surface area contributed by atoms with Gasteiger partial charge in [0.1, 0.15) is 4.88 Å². The first-order valence-corrected chi connectivity index (χ1v) is 6.49. The van der Waals surface area contributed by atoms with Crippen molar-refractivity contribution in [2.45, 2.75) is 9.50 Å². The highest BCUT2D eigenvalue weighted by Crippen LogP contribution is 2.32. The van der Waals surface area contributed by atoms with Gasteiger partial charge >= 0.3 is 11.1 Å². The standard InChI is InChI=1S/C8H5ClN4O3S2/c1-13-7(11-5(15)6(16)12-13)18-8-10-4(9)3(2-14)17-8/h2H,1H3,(H,12,16). The number of hydrogen-bond acceptors (Lipinski definition) is 7. The van der Waals surface area contributed by atoms with Crippen LogP contribution in [-0.4, -0.2) is 26.0 Å². The lowest BCUT2D eigenvalue weighted by molar-refractivity contribution is 0.112. The number of aldehydes is 1. The van der Waals surface area contributed by atoms with Gasteiger partial charge in [0.15, 0.2) is 20.9 Å². The summed E-state index contributed by atoms with van der Waals surface area (Å²) in [6.45, 7) is 0. The van der Waals surface area contributed by atoms with E-state index in [-0.39, 0.29) is 10.3 Å². The first-order chi connectivity index (χ1) is 8.51.